The van der Waals surface area contributed by atoms with Crippen LogP contribution in [0.5, 0.6) is 0 Å². The van der Waals surface area contributed by atoms with E-state index >= 15 is 0 Å². The summed E-state index contributed by atoms with van der Waals surface area (Å²) in [6.45, 7) is 0. The van der Waals surface area contributed by atoms with Crippen LogP contribution in [0.2, 0.25) is 0 Å². The number of anilines is 1. The molecule has 0 saturated carbocycles. The Hall–Kier alpha value is -3.52. The monoisotopic (exact) mass is 334 g/mol. The largest absolute Gasteiger partial charge is 0.397 e. The molecule has 0 aliphatic carbocycles. The normalized spacial score (nSPS) is 11.2. The molecule has 1 heterocycles. The summed E-state index contributed by atoms with van der Waals surface area (Å²) in [5.41, 5.74) is 13.0. The maximum Gasteiger partial charge on any atom is 0.0771 e. The van der Waals surface area contributed by atoms with E-state index in [0.29, 0.717) is 0 Å². The number of aromatic nitrogens is 1. The van der Waals surface area contributed by atoms with Crippen molar-refractivity contribution >= 4 is 27.5 Å². The summed E-state index contributed by atoms with van der Waals surface area (Å²) in [6, 6.07) is 33.6. The Morgan fingerprint density at radius 2 is 1.15 bits per heavy atom. The van der Waals surface area contributed by atoms with Gasteiger partial charge in [0.2, 0.25) is 0 Å². The van der Waals surface area contributed by atoms with E-state index in [2.05, 4.69) is 77.4 Å². The molecule has 26 heavy (non-hydrogen) atoms. The van der Waals surface area contributed by atoms with Crippen molar-refractivity contribution in [1.29, 1.82) is 0 Å². The molecule has 0 fully saturated rings. The van der Waals surface area contributed by atoms with Gasteiger partial charge >= 0.3 is 0 Å². The molecule has 2 heteroatoms. The Bertz CT molecular complexity index is 1220. The van der Waals surface area contributed by atoms with E-state index in [4.69, 9.17) is 5.73 Å². The lowest BCUT2D eigenvalue weighted by Crippen LogP contribution is -1.97. The van der Waals surface area contributed by atoms with Crippen molar-refractivity contribution in [3.05, 3.63) is 97.1 Å². The second kappa shape index (κ2) is 5.78. The molecule has 0 radical (unpaired) electrons. The Kier molecular flexibility index (Phi) is 3.29. The maximum absolute atomic E-state index is 6.43. The van der Waals surface area contributed by atoms with Crippen molar-refractivity contribution in [1.82, 2.24) is 4.57 Å². The molecule has 0 unspecified atom stereocenters. The summed E-state index contributed by atoms with van der Waals surface area (Å²) in [4.78, 5) is 0. The van der Waals surface area contributed by atoms with Crippen molar-refractivity contribution in [2.24, 2.45) is 0 Å². The molecule has 5 aromatic rings. The van der Waals surface area contributed by atoms with Gasteiger partial charge in [-0.25, -0.2) is 0 Å². The minimum Gasteiger partial charge on any atom is -0.397 e. The molecule has 1 aromatic heterocycles. The first-order chi connectivity index (χ1) is 12.8. The second-order valence-electron chi connectivity index (χ2n) is 6.48. The number of benzene rings is 4. The number of hydrogen-bond acceptors (Lipinski definition) is 1. The van der Waals surface area contributed by atoms with Gasteiger partial charge in [0, 0.05) is 22.0 Å². The van der Waals surface area contributed by atoms with Gasteiger partial charge in [-0.15, -0.1) is 0 Å². The third-order valence-electron chi connectivity index (χ3n) is 4.94. The average molecular weight is 334 g/mol. The highest BCUT2D eigenvalue weighted by Crippen LogP contribution is 2.39. The van der Waals surface area contributed by atoms with Crippen LogP contribution in [0.3, 0.4) is 0 Å². The molecule has 2 nitrogen and oxygen atoms in total. The number of nitrogens with zero attached hydrogens (tertiary/aromatic N) is 1. The molecule has 0 bridgehead atoms. The van der Waals surface area contributed by atoms with E-state index in [-0.39, 0.29) is 0 Å². The number of nitrogens with two attached hydrogens (primary N) is 1. The Morgan fingerprint density at radius 1 is 0.538 bits per heavy atom. The van der Waals surface area contributed by atoms with Crippen LogP contribution in [-0.2, 0) is 0 Å². The molecule has 4 aromatic carbocycles. The fourth-order valence-electron chi connectivity index (χ4n) is 3.83. The van der Waals surface area contributed by atoms with Gasteiger partial charge in [-0.05, 0) is 23.8 Å². The average Bonchev–Trinajstić information content (AvgIpc) is 3.05. The van der Waals surface area contributed by atoms with Crippen LogP contribution < -0.4 is 5.73 Å². The van der Waals surface area contributed by atoms with Crippen LogP contribution in [-0.4, -0.2) is 4.57 Å². The summed E-state index contributed by atoms with van der Waals surface area (Å²) < 4.78 is 2.29. The van der Waals surface area contributed by atoms with Gasteiger partial charge < -0.3 is 10.3 Å². The zero-order valence-corrected chi connectivity index (χ0v) is 14.3. The predicted octanol–water partition coefficient (Wildman–Crippen LogP) is 6.03. The molecule has 0 saturated heterocycles. The van der Waals surface area contributed by atoms with Crippen molar-refractivity contribution in [2.75, 3.05) is 5.73 Å². The zero-order chi connectivity index (χ0) is 17.5. The molecule has 0 atom stereocenters. The van der Waals surface area contributed by atoms with Gasteiger partial charge in [0.1, 0.15) is 0 Å². The number of fused-ring (bicyclic) bond motifs is 3. The zero-order valence-electron chi connectivity index (χ0n) is 14.3. The summed E-state index contributed by atoms with van der Waals surface area (Å²) >= 11 is 0. The molecule has 124 valence electrons. The van der Waals surface area contributed by atoms with E-state index in [9.17, 15) is 0 Å². The lowest BCUT2D eigenvalue weighted by Gasteiger charge is -2.12. The second-order valence-corrected chi connectivity index (χ2v) is 6.48. The maximum atomic E-state index is 6.43. The van der Waals surface area contributed by atoms with Gasteiger partial charge in [-0.1, -0.05) is 78.9 Å². The van der Waals surface area contributed by atoms with E-state index in [0.717, 1.165) is 16.9 Å². The van der Waals surface area contributed by atoms with Crippen LogP contribution >= 0.6 is 0 Å². The van der Waals surface area contributed by atoms with E-state index in [1.165, 1.54) is 27.4 Å². The van der Waals surface area contributed by atoms with Crippen LogP contribution in [0.4, 0.5) is 5.69 Å². The van der Waals surface area contributed by atoms with Gasteiger partial charge in [0.05, 0.1) is 16.7 Å². The number of nitrogen functional groups attached to an aromatic ring is 1. The molecule has 5 rings (SSSR count). The first-order valence-corrected chi connectivity index (χ1v) is 8.77. The molecular formula is C24H18N2. The van der Waals surface area contributed by atoms with E-state index < -0.39 is 0 Å². The topological polar surface area (TPSA) is 30.9 Å². The summed E-state index contributed by atoms with van der Waals surface area (Å²) in [5, 5.41) is 2.40. The highest BCUT2D eigenvalue weighted by molar-refractivity contribution is 6.16. The molecule has 2 N–H and O–H groups in total. The smallest absolute Gasteiger partial charge is 0.0771 e. The van der Waals surface area contributed by atoms with Gasteiger partial charge in [-0.2, -0.15) is 0 Å². The minimum absolute atomic E-state index is 0.793. The van der Waals surface area contributed by atoms with E-state index in [1.807, 2.05) is 24.3 Å². The van der Waals surface area contributed by atoms with Crippen molar-refractivity contribution in [2.45, 2.75) is 0 Å². The van der Waals surface area contributed by atoms with Gasteiger partial charge in [0.15, 0.2) is 0 Å². The highest BCUT2D eigenvalue weighted by Gasteiger charge is 2.17. The molecule has 0 aliphatic heterocycles. The molecule has 0 amide bonds. The first-order valence-electron chi connectivity index (χ1n) is 8.77. The molecule has 0 aliphatic rings. The van der Waals surface area contributed by atoms with Crippen LogP contribution in [0, 0.1) is 0 Å². The van der Waals surface area contributed by atoms with Gasteiger partial charge in [-0.3, -0.25) is 0 Å². The number of para-hydroxylation sites is 3. The van der Waals surface area contributed by atoms with Crippen LogP contribution in [0.15, 0.2) is 97.1 Å². The van der Waals surface area contributed by atoms with Crippen LogP contribution in [0.25, 0.3) is 38.6 Å². The third kappa shape index (κ3) is 2.12. The highest BCUT2D eigenvalue weighted by atomic mass is 15.0. The summed E-state index contributed by atoms with van der Waals surface area (Å²) in [6.07, 6.45) is 0. The number of hydrogen-bond donors (Lipinski definition) is 1. The first kappa shape index (κ1) is 14.8. The fraction of sp³-hybridized carbons (Fsp3) is 0. The summed E-state index contributed by atoms with van der Waals surface area (Å²) in [7, 11) is 0. The third-order valence-corrected chi connectivity index (χ3v) is 4.94. The quantitative estimate of drug-likeness (QED) is 0.392. The summed E-state index contributed by atoms with van der Waals surface area (Å²) in [5.74, 6) is 0. The molecule has 0 spiro atoms. The fourth-order valence-corrected chi connectivity index (χ4v) is 3.83. The standard InChI is InChI=1S/C24H18N2/c25-22-16-8-15-21-20-14-7-13-19(17-9-3-1-4-10-17)23(20)26(24(21)22)18-11-5-2-6-12-18/h1-16H,25H2. The lowest BCUT2D eigenvalue weighted by molar-refractivity contribution is 1.18. The van der Waals surface area contributed by atoms with E-state index in [1.54, 1.807) is 0 Å². The number of rotatable bonds is 2. The Morgan fingerprint density at radius 3 is 1.88 bits per heavy atom. The van der Waals surface area contributed by atoms with Gasteiger partial charge in [0.25, 0.3) is 0 Å². The Balaban J connectivity index is 2.02. The SMILES string of the molecule is Nc1cccc2c3cccc(-c4ccccc4)c3n(-c3ccccc3)c12. The van der Waals surface area contributed by atoms with Crippen LogP contribution in [0.1, 0.15) is 0 Å². The molecular weight excluding hydrogens is 316 g/mol. The lowest BCUT2D eigenvalue weighted by atomic mass is 10.0. The Labute approximate surface area is 152 Å². The minimum atomic E-state index is 0.793. The van der Waals surface area contributed by atoms with Crippen molar-refractivity contribution < 1.29 is 0 Å². The van der Waals surface area contributed by atoms with Crippen molar-refractivity contribution in [3.63, 3.8) is 0 Å². The predicted molar refractivity (Wildman–Crippen MR) is 111 cm³/mol. The van der Waals surface area contributed by atoms with Crippen molar-refractivity contribution in [3.8, 4) is 16.8 Å².